The number of fused-ring (bicyclic) bond motifs is 1. The minimum atomic E-state index is -0.483. The summed E-state index contributed by atoms with van der Waals surface area (Å²) in [6, 6.07) is 5.82. The fraction of sp³-hybridized carbons (Fsp3) is 0.462. The zero-order valence-corrected chi connectivity index (χ0v) is 11.1. The van der Waals surface area contributed by atoms with E-state index >= 15 is 0 Å². The van der Waals surface area contributed by atoms with Gasteiger partial charge in [-0.1, -0.05) is 28.8 Å². The van der Waals surface area contributed by atoms with E-state index < -0.39 is 6.04 Å². The van der Waals surface area contributed by atoms with Crippen molar-refractivity contribution in [1.82, 2.24) is 0 Å². The molecule has 1 aliphatic heterocycles. The van der Waals surface area contributed by atoms with E-state index in [-0.39, 0.29) is 5.91 Å². The van der Waals surface area contributed by atoms with Gasteiger partial charge in [-0.2, -0.15) is 0 Å². The van der Waals surface area contributed by atoms with Gasteiger partial charge in [0.2, 0.25) is 5.91 Å². The first kappa shape index (κ1) is 11.2. The lowest BCUT2D eigenvalue weighted by molar-refractivity contribution is -0.119. The summed E-state index contributed by atoms with van der Waals surface area (Å²) in [5, 5.41) is 0. The third-order valence-electron chi connectivity index (χ3n) is 3.78. The van der Waals surface area contributed by atoms with Crippen molar-refractivity contribution in [3.8, 4) is 0 Å². The first-order chi connectivity index (χ1) is 8.18. The molecule has 0 spiro atoms. The van der Waals surface area contributed by atoms with Gasteiger partial charge in [0.15, 0.2) is 0 Å². The number of nitrogens with zero attached hydrogens (tertiary/aromatic N) is 1. The Hall–Kier alpha value is -0.870. The Bertz CT molecular complexity index is 468. The van der Waals surface area contributed by atoms with Gasteiger partial charge in [0.1, 0.15) is 6.04 Å². The lowest BCUT2D eigenvalue weighted by Gasteiger charge is -2.24. The van der Waals surface area contributed by atoms with Crippen LogP contribution in [-0.2, 0) is 4.79 Å². The molecule has 0 saturated heterocycles. The maximum Gasteiger partial charge on any atom is 0.248 e. The van der Waals surface area contributed by atoms with Crippen molar-refractivity contribution in [2.24, 2.45) is 5.73 Å². The minimum Gasteiger partial charge on any atom is -0.316 e. The van der Waals surface area contributed by atoms with Gasteiger partial charge in [-0.25, -0.2) is 0 Å². The highest BCUT2D eigenvalue weighted by Crippen LogP contribution is 2.40. The summed E-state index contributed by atoms with van der Waals surface area (Å²) in [7, 11) is 0. The number of nitrogens with two attached hydrogens (primary N) is 1. The molecule has 0 bridgehead atoms. The van der Waals surface area contributed by atoms with Gasteiger partial charge in [0, 0.05) is 21.8 Å². The van der Waals surface area contributed by atoms with E-state index in [0.717, 1.165) is 28.6 Å². The fourth-order valence-electron chi connectivity index (χ4n) is 2.93. The molecule has 17 heavy (non-hydrogen) atoms. The lowest BCUT2D eigenvalue weighted by Crippen LogP contribution is -2.38. The molecule has 0 radical (unpaired) electrons. The largest absolute Gasteiger partial charge is 0.316 e. The highest BCUT2D eigenvalue weighted by molar-refractivity contribution is 9.10. The molecule has 1 saturated carbocycles. The number of hydrogen-bond acceptors (Lipinski definition) is 2. The number of anilines is 1. The maximum absolute atomic E-state index is 12.2. The van der Waals surface area contributed by atoms with Crippen LogP contribution < -0.4 is 10.6 Å². The van der Waals surface area contributed by atoms with Crippen LogP contribution in [0.3, 0.4) is 0 Å². The quantitative estimate of drug-likeness (QED) is 0.866. The van der Waals surface area contributed by atoms with E-state index in [1.807, 2.05) is 23.1 Å². The molecule has 1 aromatic rings. The summed E-state index contributed by atoms with van der Waals surface area (Å²) in [6.45, 7) is 0. The van der Waals surface area contributed by atoms with Crippen LogP contribution in [0.4, 0.5) is 5.69 Å². The van der Waals surface area contributed by atoms with E-state index in [1.165, 1.54) is 12.8 Å². The number of halogens is 1. The zero-order valence-electron chi connectivity index (χ0n) is 9.53. The molecule has 2 N–H and O–H groups in total. The van der Waals surface area contributed by atoms with Gasteiger partial charge in [0.05, 0.1) is 0 Å². The third-order valence-corrected chi connectivity index (χ3v) is 4.27. The third kappa shape index (κ3) is 1.70. The average molecular weight is 295 g/mol. The molecule has 1 atom stereocenters. The van der Waals surface area contributed by atoms with E-state index in [0.29, 0.717) is 6.04 Å². The van der Waals surface area contributed by atoms with Crippen LogP contribution in [0.1, 0.15) is 37.3 Å². The summed E-state index contributed by atoms with van der Waals surface area (Å²) in [5.41, 5.74) is 7.97. The van der Waals surface area contributed by atoms with Crippen LogP contribution >= 0.6 is 15.9 Å². The smallest absolute Gasteiger partial charge is 0.248 e. The van der Waals surface area contributed by atoms with Crippen molar-refractivity contribution in [2.75, 3.05) is 4.90 Å². The highest BCUT2D eigenvalue weighted by Gasteiger charge is 2.39. The Balaban J connectivity index is 2.04. The Labute approximate surface area is 109 Å². The van der Waals surface area contributed by atoms with Gasteiger partial charge in [0.25, 0.3) is 0 Å². The summed E-state index contributed by atoms with van der Waals surface area (Å²) in [6.07, 6.45) is 4.65. The van der Waals surface area contributed by atoms with Crippen molar-refractivity contribution < 1.29 is 4.79 Å². The SMILES string of the molecule is NC1C(=O)N(C2CCCC2)c2ccc(Br)cc21. The van der Waals surface area contributed by atoms with Crippen molar-refractivity contribution in [2.45, 2.75) is 37.8 Å². The number of carbonyl (C=O) groups is 1. The normalized spacial score (nSPS) is 24.5. The summed E-state index contributed by atoms with van der Waals surface area (Å²) in [4.78, 5) is 14.2. The molecule has 1 aromatic carbocycles. The standard InChI is InChI=1S/C13H15BrN2O/c14-8-5-6-11-10(7-8)12(15)13(17)16(11)9-3-1-2-4-9/h5-7,9,12H,1-4,15H2. The second-order valence-electron chi connectivity index (χ2n) is 4.83. The second-order valence-corrected chi connectivity index (χ2v) is 5.74. The minimum absolute atomic E-state index is 0.0602. The summed E-state index contributed by atoms with van der Waals surface area (Å²) < 4.78 is 0.979. The molecule has 1 heterocycles. The Morgan fingerprint density at radius 3 is 2.71 bits per heavy atom. The van der Waals surface area contributed by atoms with Crippen LogP contribution in [0.2, 0.25) is 0 Å². The highest BCUT2D eigenvalue weighted by atomic mass is 79.9. The molecule has 0 aromatic heterocycles. The van der Waals surface area contributed by atoms with Crippen LogP contribution in [0, 0.1) is 0 Å². The number of carbonyl (C=O) groups excluding carboxylic acids is 1. The maximum atomic E-state index is 12.2. The molecule has 1 amide bonds. The summed E-state index contributed by atoms with van der Waals surface area (Å²) >= 11 is 3.43. The van der Waals surface area contributed by atoms with Crippen LogP contribution in [0.5, 0.6) is 0 Å². The monoisotopic (exact) mass is 294 g/mol. The van der Waals surface area contributed by atoms with Gasteiger partial charge in [-0.05, 0) is 31.0 Å². The van der Waals surface area contributed by atoms with Gasteiger partial charge in [-0.15, -0.1) is 0 Å². The van der Waals surface area contributed by atoms with Crippen molar-refractivity contribution >= 4 is 27.5 Å². The zero-order chi connectivity index (χ0) is 12.0. The average Bonchev–Trinajstić information content (AvgIpc) is 2.90. The first-order valence-electron chi connectivity index (χ1n) is 6.06. The van der Waals surface area contributed by atoms with Gasteiger partial charge >= 0.3 is 0 Å². The second kappa shape index (κ2) is 4.10. The fourth-order valence-corrected chi connectivity index (χ4v) is 3.31. The molecule has 4 heteroatoms. The Kier molecular flexibility index (Phi) is 2.71. The first-order valence-corrected chi connectivity index (χ1v) is 6.86. The molecule has 90 valence electrons. The van der Waals surface area contributed by atoms with Crippen LogP contribution in [0.25, 0.3) is 0 Å². The molecular formula is C13H15BrN2O. The predicted molar refractivity (Wildman–Crippen MR) is 70.8 cm³/mol. The molecule has 3 nitrogen and oxygen atoms in total. The van der Waals surface area contributed by atoms with Crippen molar-refractivity contribution in [3.05, 3.63) is 28.2 Å². The molecule has 1 aliphatic carbocycles. The van der Waals surface area contributed by atoms with Crippen molar-refractivity contribution in [3.63, 3.8) is 0 Å². The van der Waals surface area contributed by atoms with Crippen LogP contribution in [-0.4, -0.2) is 11.9 Å². The van der Waals surface area contributed by atoms with Crippen molar-refractivity contribution in [1.29, 1.82) is 0 Å². The molecule has 1 fully saturated rings. The summed E-state index contributed by atoms with van der Waals surface area (Å²) in [5.74, 6) is 0.0602. The van der Waals surface area contributed by atoms with E-state index in [4.69, 9.17) is 5.73 Å². The number of hydrogen-bond donors (Lipinski definition) is 1. The van der Waals surface area contributed by atoms with E-state index in [9.17, 15) is 4.79 Å². The van der Waals surface area contributed by atoms with Crippen LogP contribution in [0.15, 0.2) is 22.7 Å². The van der Waals surface area contributed by atoms with E-state index in [1.54, 1.807) is 0 Å². The molecule has 2 aliphatic rings. The lowest BCUT2D eigenvalue weighted by atomic mass is 10.1. The molecule has 1 unspecified atom stereocenters. The van der Waals surface area contributed by atoms with Gasteiger partial charge < -0.3 is 10.6 Å². The topological polar surface area (TPSA) is 46.3 Å². The number of amides is 1. The molecule has 3 rings (SSSR count). The predicted octanol–water partition coefficient (Wildman–Crippen LogP) is 2.74. The molecular weight excluding hydrogens is 280 g/mol. The number of rotatable bonds is 1. The Morgan fingerprint density at radius 1 is 1.29 bits per heavy atom. The Morgan fingerprint density at radius 2 is 2.00 bits per heavy atom. The van der Waals surface area contributed by atoms with E-state index in [2.05, 4.69) is 15.9 Å². The van der Waals surface area contributed by atoms with Gasteiger partial charge in [-0.3, -0.25) is 4.79 Å². The number of benzene rings is 1.